The van der Waals surface area contributed by atoms with Gasteiger partial charge in [-0.3, -0.25) is 14.9 Å². The van der Waals surface area contributed by atoms with Gasteiger partial charge in [-0.25, -0.2) is 4.98 Å². The first-order valence-corrected chi connectivity index (χ1v) is 9.18. The van der Waals surface area contributed by atoms with Gasteiger partial charge in [0.05, 0.1) is 17.0 Å². The number of aromatic nitrogens is 1. The van der Waals surface area contributed by atoms with Crippen molar-refractivity contribution in [2.24, 2.45) is 0 Å². The number of halogens is 2. The number of rotatable bonds is 4. The van der Waals surface area contributed by atoms with Gasteiger partial charge in [0.1, 0.15) is 0 Å². The predicted octanol–water partition coefficient (Wildman–Crippen LogP) is 2.66. The molecule has 1 fully saturated rings. The van der Waals surface area contributed by atoms with Gasteiger partial charge < -0.3 is 10.2 Å². The molecule has 1 saturated heterocycles. The number of carbonyl (C=O) groups is 2. The van der Waals surface area contributed by atoms with Crippen molar-refractivity contribution in [3.05, 3.63) is 33.5 Å². The minimum absolute atomic E-state index is 0. The zero-order valence-electron chi connectivity index (χ0n) is 13.6. The summed E-state index contributed by atoms with van der Waals surface area (Å²) in [6.07, 6.45) is 0.276. The molecule has 0 radical (unpaired) electrons. The third kappa shape index (κ3) is 5.93. The van der Waals surface area contributed by atoms with E-state index in [4.69, 9.17) is 0 Å². The molecule has 3 rings (SSSR count). The fourth-order valence-electron chi connectivity index (χ4n) is 2.44. The van der Waals surface area contributed by atoms with Gasteiger partial charge in [0.2, 0.25) is 5.91 Å². The van der Waals surface area contributed by atoms with Crippen LogP contribution >= 0.6 is 47.5 Å². The maximum absolute atomic E-state index is 12.3. The van der Waals surface area contributed by atoms with Crippen LogP contribution in [0.4, 0.5) is 5.13 Å². The van der Waals surface area contributed by atoms with Gasteiger partial charge >= 0.3 is 0 Å². The van der Waals surface area contributed by atoms with E-state index in [-0.39, 0.29) is 43.0 Å². The highest BCUT2D eigenvalue weighted by molar-refractivity contribution is 7.14. The number of anilines is 1. The summed E-state index contributed by atoms with van der Waals surface area (Å²) < 4.78 is 0. The lowest BCUT2D eigenvalue weighted by molar-refractivity contribution is -0.131. The van der Waals surface area contributed by atoms with Crippen LogP contribution in [0, 0.1) is 0 Å². The summed E-state index contributed by atoms with van der Waals surface area (Å²) in [5.41, 5.74) is 0.702. The van der Waals surface area contributed by atoms with Crippen molar-refractivity contribution >= 4 is 64.4 Å². The largest absolute Gasteiger partial charge is 0.340 e. The molecule has 2 N–H and O–H groups in total. The van der Waals surface area contributed by atoms with Crippen LogP contribution in [0.15, 0.2) is 22.9 Å². The van der Waals surface area contributed by atoms with Gasteiger partial charge in [-0.2, -0.15) is 0 Å². The second kappa shape index (κ2) is 10.1. The second-order valence-electron chi connectivity index (χ2n) is 5.45. The summed E-state index contributed by atoms with van der Waals surface area (Å²) in [6.45, 7) is 4.35. The third-order valence-corrected chi connectivity index (χ3v) is 5.25. The summed E-state index contributed by atoms with van der Waals surface area (Å²) in [5, 5.41) is 10.3. The van der Waals surface area contributed by atoms with Crippen molar-refractivity contribution < 1.29 is 9.59 Å². The van der Waals surface area contributed by atoms with Crippen LogP contribution in [0.1, 0.15) is 22.3 Å². The molecule has 1 aliphatic rings. The van der Waals surface area contributed by atoms with Gasteiger partial charge in [0, 0.05) is 31.1 Å². The molecule has 0 bridgehead atoms. The molecule has 2 aromatic heterocycles. The van der Waals surface area contributed by atoms with E-state index in [1.807, 2.05) is 21.7 Å². The van der Waals surface area contributed by atoms with Crippen molar-refractivity contribution in [3.63, 3.8) is 0 Å². The lowest BCUT2D eigenvalue weighted by atomic mass is 10.2. The zero-order chi connectivity index (χ0) is 16.2. The van der Waals surface area contributed by atoms with E-state index in [0.717, 1.165) is 19.6 Å². The first-order valence-electron chi connectivity index (χ1n) is 7.42. The van der Waals surface area contributed by atoms with Gasteiger partial charge in [-0.05, 0) is 18.4 Å². The molecule has 138 valence electrons. The van der Waals surface area contributed by atoms with Gasteiger partial charge in [-0.15, -0.1) is 47.5 Å². The van der Waals surface area contributed by atoms with Gasteiger partial charge in [0.15, 0.2) is 5.13 Å². The number of hydrogen-bond acceptors (Lipinski definition) is 6. The van der Waals surface area contributed by atoms with E-state index in [9.17, 15) is 9.59 Å². The Kier molecular flexibility index (Phi) is 8.81. The smallest absolute Gasteiger partial charge is 0.267 e. The molecule has 1 unspecified atom stereocenters. The second-order valence-corrected chi connectivity index (χ2v) is 7.25. The average Bonchev–Trinajstić information content (AvgIpc) is 3.19. The SMILES string of the molecule is CC1CN(C(=O)Cc2csc(NC(=O)c3cccs3)n2)CCN1.Cl.Cl. The summed E-state index contributed by atoms with van der Waals surface area (Å²) in [6, 6.07) is 3.92. The molecule has 0 aliphatic carbocycles. The standard InChI is InChI=1S/C15H18N4O2S2.2ClH/c1-10-8-19(5-4-16-10)13(20)7-11-9-23-15(17-11)18-14(21)12-3-2-6-22-12;;/h2-3,6,9-10,16H,4-5,7-8H2,1H3,(H,17,18,21);2*1H. The Bertz CT molecular complexity index is 694. The molecule has 0 saturated carbocycles. The number of nitrogens with zero attached hydrogens (tertiary/aromatic N) is 2. The zero-order valence-corrected chi connectivity index (χ0v) is 16.8. The Morgan fingerprint density at radius 2 is 2.20 bits per heavy atom. The van der Waals surface area contributed by atoms with Gasteiger partial charge in [-0.1, -0.05) is 6.07 Å². The molecule has 10 heteroatoms. The average molecular weight is 423 g/mol. The molecular formula is C15H20Cl2N4O2S2. The van der Waals surface area contributed by atoms with Crippen LogP contribution in [0.2, 0.25) is 0 Å². The number of thiophene rings is 1. The minimum atomic E-state index is -0.164. The number of piperazine rings is 1. The highest BCUT2D eigenvalue weighted by Gasteiger charge is 2.21. The first-order chi connectivity index (χ1) is 11.1. The van der Waals surface area contributed by atoms with Crippen molar-refractivity contribution in [2.75, 3.05) is 25.0 Å². The van der Waals surface area contributed by atoms with E-state index in [1.54, 1.807) is 6.07 Å². The summed E-state index contributed by atoms with van der Waals surface area (Å²) in [5.74, 6) is -0.0806. The fraction of sp³-hybridized carbons (Fsp3) is 0.400. The maximum Gasteiger partial charge on any atom is 0.267 e. The quantitative estimate of drug-likeness (QED) is 0.793. The van der Waals surface area contributed by atoms with E-state index >= 15 is 0 Å². The fourth-order valence-corrected chi connectivity index (χ4v) is 3.76. The van der Waals surface area contributed by atoms with Crippen molar-refractivity contribution in [2.45, 2.75) is 19.4 Å². The van der Waals surface area contributed by atoms with Crippen LogP contribution in [-0.4, -0.2) is 47.4 Å². The normalized spacial score (nSPS) is 16.5. The van der Waals surface area contributed by atoms with Crippen molar-refractivity contribution in [3.8, 4) is 0 Å². The Morgan fingerprint density at radius 3 is 2.88 bits per heavy atom. The third-order valence-electron chi connectivity index (χ3n) is 3.57. The number of nitrogens with one attached hydrogen (secondary N) is 2. The Morgan fingerprint density at radius 1 is 1.40 bits per heavy atom. The number of thiazole rings is 1. The maximum atomic E-state index is 12.3. The molecule has 0 aromatic carbocycles. The lowest BCUT2D eigenvalue weighted by Crippen LogP contribution is -2.51. The molecule has 2 amide bonds. The highest BCUT2D eigenvalue weighted by atomic mass is 35.5. The van der Waals surface area contributed by atoms with Crippen molar-refractivity contribution in [1.82, 2.24) is 15.2 Å². The Hall–Kier alpha value is -1.19. The molecule has 1 aliphatic heterocycles. The van der Waals surface area contributed by atoms with Crippen LogP contribution in [-0.2, 0) is 11.2 Å². The van der Waals surface area contributed by atoms with E-state index in [1.165, 1.54) is 22.7 Å². The monoisotopic (exact) mass is 422 g/mol. The molecule has 0 spiro atoms. The molecule has 3 heterocycles. The van der Waals surface area contributed by atoms with E-state index in [0.29, 0.717) is 21.7 Å². The van der Waals surface area contributed by atoms with E-state index < -0.39 is 0 Å². The van der Waals surface area contributed by atoms with Crippen LogP contribution in [0.25, 0.3) is 0 Å². The number of amides is 2. The van der Waals surface area contributed by atoms with Crippen LogP contribution < -0.4 is 10.6 Å². The highest BCUT2D eigenvalue weighted by Crippen LogP contribution is 2.19. The molecule has 1 atom stereocenters. The summed E-state index contributed by atoms with van der Waals surface area (Å²) >= 11 is 2.73. The Balaban J connectivity index is 0.00000156. The van der Waals surface area contributed by atoms with Crippen molar-refractivity contribution in [1.29, 1.82) is 0 Å². The van der Waals surface area contributed by atoms with Crippen LogP contribution in [0.5, 0.6) is 0 Å². The summed E-state index contributed by atoms with van der Waals surface area (Å²) in [7, 11) is 0. The molecular weight excluding hydrogens is 403 g/mol. The summed E-state index contributed by atoms with van der Waals surface area (Å²) in [4.78, 5) is 31.1. The number of hydrogen-bond donors (Lipinski definition) is 2. The number of carbonyl (C=O) groups excluding carboxylic acids is 2. The topological polar surface area (TPSA) is 74.3 Å². The molecule has 6 nitrogen and oxygen atoms in total. The molecule has 25 heavy (non-hydrogen) atoms. The van der Waals surface area contributed by atoms with Crippen LogP contribution in [0.3, 0.4) is 0 Å². The first kappa shape index (κ1) is 21.9. The minimum Gasteiger partial charge on any atom is -0.340 e. The molecule has 2 aromatic rings. The van der Waals surface area contributed by atoms with E-state index in [2.05, 4.69) is 22.5 Å². The lowest BCUT2D eigenvalue weighted by Gasteiger charge is -2.31. The Labute approximate surface area is 166 Å². The van der Waals surface area contributed by atoms with Gasteiger partial charge in [0.25, 0.3) is 5.91 Å². The predicted molar refractivity (Wildman–Crippen MR) is 107 cm³/mol.